The molecule has 2 aliphatic rings. The number of carbonyl (C=O) groups excluding carboxylic acids is 1. The summed E-state index contributed by atoms with van der Waals surface area (Å²) in [5, 5.41) is 0.785. The predicted octanol–water partition coefficient (Wildman–Crippen LogP) is 3.19. The average Bonchev–Trinajstić information content (AvgIpc) is 3.22. The van der Waals surface area contributed by atoms with Crippen LogP contribution < -0.4 is 4.90 Å². The van der Waals surface area contributed by atoms with Crippen LogP contribution in [0.3, 0.4) is 0 Å². The smallest absolute Gasteiger partial charge is 0.266 e. The lowest BCUT2D eigenvalue weighted by Gasteiger charge is -2.12. The number of amidine groups is 1. The summed E-state index contributed by atoms with van der Waals surface area (Å²) in [6, 6.07) is 3.92. The first-order valence-electron chi connectivity index (χ1n) is 7.83. The standard InChI is InChI=1S/C16H21N3O2S/c1-3-17-16-19(4-2)15(20)13(22-16)11-12-7-8-14(21-12)18-9-5-6-10-18/h7-8,11H,3-6,9-10H2,1-2H3/b13-11-,17-16?. The summed E-state index contributed by atoms with van der Waals surface area (Å²) in [4.78, 5) is 21.4. The lowest BCUT2D eigenvalue weighted by atomic mass is 10.3. The SMILES string of the molecule is CCN=C1S/C(=C\c2ccc(N3CCCC3)o2)C(=O)N1CC. The molecule has 0 unspecified atom stereocenters. The van der Waals surface area contributed by atoms with Gasteiger partial charge < -0.3 is 9.32 Å². The van der Waals surface area contributed by atoms with Crippen molar-refractivity contribution in [1.82, 2.24) is 4.90 Å². The van der Waals surface area contributed by atoms with Gasteiger partial charge in [-0.2, -0.15) is 0 Å². The molecule has 1 aromatic heterocycles. The molecule has 1 amide bonds. The number of hydrogen-bond acceptors (Lipinski definition) is 5. The van der Waals surface area contributed by atoms with Gasteiger partial charge >= 0.3 is 0 Å². The van der Waals surface area contributed by atoms with Gasteiger partial charge in [-0.05, 0) is 44.5 Å². The predicted molar refractivity (Wildman–Crippen MR) is 91.1 cm³/mol. The number of aliphatic imine (C=N–C) groups is 1. The first-order valence-corrected chi connectivity index (χ1v) is 8.65. The average molecular weight is 319 g/mol. The van der Waals surface area contributed by atoms with Crippen molar-refractivity contribution in [2.75, 3.05) is 31.1 Å². The maximum Gasteiger partial charge on any atom is 0.266 e. The van der Waals surface area contributed by atoms with E-state index in [-0.39, 0.29) is 5.91 Å². The fourth-order valence-electron chi connectivity index (χ4n) is 2.70. The van der Waals surface area contributed by atoms with Crippen LogP contribution >= 0.6 is 11.8 Å². The van der Waals surface area contributed by atoms with Crippen molar-refractivity contribution in [1.29, 1.82) is 0 Å². The number of likely N-dealkylation sites (N-methyl/N-ethyl adjacent to an activating group) is 1. The highest BCUT2D eigenvalue weighted by atomic mass is 32.2. The largest absolute Gasteiger partial charge is 0.441 e. The van der Waals surface area contributed by atoms with Gasteiger partial charge in [0.2, 0.25) is 0 Å². The Balaban J connectivity index is 1.80. The van der Waals surface area contributed by atoms with E-state index in [4.69, 9.17) is 4.42 Å². The molecule has 5 nitrogen and oxygen atoms in total. The van der Waals surface area contributed by atoms with Crippen LogP contribution in [0.25, 0.3) is 6.08 Å². The number of nitrogens with zero attached hydrogens (tertiary/aromatic N) is 3. The van der Waals surface area contributed by atoms with E-state index in [0.29, 0.717) is 18.0 Å². The van der Waals surface area contributed by atoms with Crippen LogP contribution in [0.2, 0.25) is 0 Å². The van der Waals surface area contributed by atoms with E-state index in [1.807, 2.05) is 32.1 Å². The van der Waals surface area contributed by atoms with Crippen molar-refractivity contribution < 1.29 is 9.21 Å². The fourth-order valence-corrected chi connectivity index (χ4v) is 3.78. The summed E-state index contributed by atoms with van der Waals surface area (Å²) in [6.45, 7) is 7.36. The lowest BCUT2D eigenvalue weighted by Crippen LogP contribution is -2.28. The zero-order chi connectivity index (χ0) is 15.5. The van der Waals surface area contributed by atoms with Crippen molar-refractivity contribution >= 4 is 34.8 Å². The number of anilines is 1. The number of carbonyl (C=O) groups is 1. The first-order chi connectivity index (χ1) is 10.7. The molecule has 0 atom stereocenters. The van der Waals surface area contributed by atoms with Crippen LogP contribution in [0, 0.1) is 0 Å². The fraction of sp³-hybridized carbons (Fsp3) is 0.500. The summed E-state index contributed by atoms with van der Waals surface area (Å²) in [5.41, 5.74) is 0. The monoisotopic (exact) mass is 319 g/mol. The van der Waals surface area contributed by atoms with Gasteiger partial charge in [-0.1, -0.05) is 0 Å². The molecule has 0 aliphatic carbocycles. The number of rotatable bonds is 4. The van der Waals surface area contributed by atoms with Gasteiger partial charge in [0, 0.05) is 38.3 Å². The summed E-state index contributed by atoms with van der Waals surface area (Å²) >= 11 is 1.43. The molecule has 0 spiro atoms. The van der Waals surface area contributed by atoms with Crippen molar-refractivity contribution in [3.63, 3.8) is 0 Å². The third kappa shape index (κ3) is 2.92. The second kappa shape index (κ2) is 6.60. The first kappa shape index (κ1) is 15.2. The zero-order valence-corrected chi connectivity index (χ0v) is 13.9. The maximum absolute atomic E-state index is 12.4. The number of thioether (sulfide) groups is 1. The van der Waals surface area contributed by atoms with E-state index in [2.05, 4.69) is 9.89 Å². The summed E-state index contributed by atoms with van der Waals surface area (Å²) in [7, 11) is 0. The van der Waals surface area contributed by atoms with Gasteiger partial charge in [0.05, 0.1) is 4.91 Å². The van der Waals surface area contributed by atoms with Crippen LogP contribution in [0.1, 0.15) is 32.4 Å². The highest BCUT2D eigenvalue weighted by molar-refractivity contribution is 8.18. The van der Waals surface area contributed by atoms with E-state index in [0.717, 1.165) is 29.9 Å². The Hall–Kier alpha value is -1.69. The molecule has 22 heavy (non-hydrogen) atoms. The van der Waals surface area contributed by atoms with Gasteiger partial charge in [0.15, 0.2) is 11.1 Å². The Morgan fingerprint density at radius 3 is 2.77 bits per heavy atom. The molecule has 0 radical (unpaired) electrons. The second-order valence-electron chi connectivity index (χ2n) is 5.29. The molecule has 1 aromatic rings. The lowest BCUT2D eigenvalue weighted by molar-refractivity contribution is -0.122. The molecule has 6 heteroatoms. The number of amides is 1. The third-order valence-electron chi connectivity index (χ3n) is 3.80. The normalized spacial score (nSPS) is 22.5. The molecule has 0 N–H and O–H groups in total. The van der Waals surface area contributed by atoms with Crippen molar-refractivity contribution in [3.8, 4) is 0 Å². The van der Waals surface area contributed by atoms with Crippen molar-refractivity contribution in [3.05, 3.63) is 22.8 Å². The summed E-state index contributed by atoms with van der Waals surface area (Å²) < 4.78 is 5.87. The van der Waals surface area contributed by atoms with Crippen LogP contribution in [-0.4, -0.2) is 42.2 Å². The highest BCUT2D eigenvalue weighted by Crippen LogP contribution is 2.33. The molecule has 0 saturated carbocycles. The van der Waals surface area contributed by atoms with Gasteiger partial charge in [0.1, 0.15) is 5.76 Å². The van der Waals surface area contributed by atoms with Crippen LogP contribution in [0.15, 0.2) is 26.4 Å². The van der Waals surface area contributed by atoms with E-state index >= 15 is 0 Å². The quantitative estimate of drug-likeness (QED) is 0.800. The minimum absolute atomic E-state index is 0.0128. The van der Waals surface area contributed by atoms with E-state index in [9.17, 15) is 4.79 Å². The van der Waals surface area contributed by atoms with E-state index in [1.165, 1.54) is 24.6 Å². The van der Waals surface area contributed by atoms with Crippen LogP contribution in [0.4, 0.5) is 5.88 Å². The number of hydrogen-bond donors (Lipinski definition) is 0. The van der Waals surface area contributed by atoms with Gasteiger partial charge in [-0.3, -0.25) is 14.7 Å². The molecular formula is C16H21N3O2S. The Bertz CT molecular complexity index is 615. The molecule has 2 aliphatic heterocycles. The molecule has 0 aromatic carbocycles. The van der Waals surface area contributed by atoms with Crippen molar-refractivity contribution in [2.24, 2.45) is 4.99 Å². The molecule has 3 rings (SSSR count). The molecule has 2 saturated heterocycles. The Morgan fingerprint density at radius 2 is 2.09 bits per heavy atom. The molecule has 2 fully saturated rings. The summed E-state index contributed by atoms with van der Waals surface area (Å²) in [5.74, 6) is 1.64. The van der Waals surface area contributed by atoms with Gasteiger partial charge in [-0.25, -0.2) is 0 Å². The third-order valence-corrected chi connectivity index (χ3v) is 4.85. The maximum atomic E-state index is 12.4. The van der Waals surface area contributed by atoms with Crippen molar-refractivity contribution in [2.45, 2.75) is 26.7 Å². The minimum atomic E-state index is 0.0128. The summed E-state index contributed by atoms with van der Waals surface area (Å²) in [6.07, 6.45) is 4.26. The molecular weight excluding hydrogens is 298 g/mol. The Morgan fingerprint density at radius 1 is 1.32 bits per heavy atom. The highest BCUT2D eigenvalue weighted by Gasteiger charge is 2.32. The van der Waals surface area contributed by atoms with E-state index in [1.54, 1.807) is 4.90 Å². The van der Waals surface area contributed by atoms with Gasteiger partial charge in [0.25, 0.3) is 5.91 Å². The molecule has 118 valence electrons. The topological polar surface area (TPSA) is 49.1 Å². The van der Waals surface area contributed by atoms with Crippen LogP contribution in [-0.2, 0) is 4.79 Å². The van der Waals surface area contributed by atoms with Gasteiger partial charge in [-0.15, -0.1) is 0 Å². The molecule has 0 bridgehead atoms. The molecule has 3 heterocycles. The second-order valence-corrected chi connectivity index (χ2v) is 6.30. The minimum Gasteiger partial charge on any atom is -0.441 e. The Kier molecular flexibility index (Phi) is 4.57. The van der Waals surface area contributed by atoms with E-state index < -0.39 is 0 Å². The number of furan rings is 1. The van der Waals surface area contributed by atoms with Crippen LogP contribution in [0.5, 0.6) is 0 Å². The Labute approximate surface area is 135 Å². The zero-order valence-electron chi connectivity index (χ0n) is 13.0.